The molecule has 126 valence electrons. The number of carbonyl (C=O) groups excluding carboxylic acids is 1. The van der Waals surface area contributed by atoms with Crippen molar-refractivity contribution in [1.29, 1.82) is 0 Å². The molecule has 1 amide bonds. The summed E-state index contributed by atoms with van der Waals surface area (Å²) in [7, 11) is 0. The summed E-state index contributed by atoms with van der Waals surface area (Å²) in [6.07, 6.45) is 1.18. The van der Waals surface area contributed by atoms with Crippen LogP contribution in [0, 0.1) is 20.8 Å². The van der Waals surface area contributed by atoms with Crippen molar-refractivity contribution in [3.63, 3.8) is 0 Å². The molecule has 0 aliphatic carbocycles. The van der Waals surface area contributed by atoms with E-state index < -0.39 is 6.09 Å². The number of nitrogens with zero attached hydrogens (tertiary/aromatic N) is 1. The van der Waals surface area contributed by atoms with Crippen LogP contribution in [0.15, 0.2) is 60.8 Å². The van der Waals surface area contributed by atoms with Gasteiger partial charge in [0.05, 0.1) is 11.4 Å². The van der Waals surface area contributed by atoms with Crippen molar-refractivity contribution < 1.29 is 9.53 Å². The molecule has 2 aromatic carbocycles. The van der Waals surface area contributed by atoms with Gasteiger partial charge < -0.3 is 4.74 Å². The Hall–Kier alpha value is -3.14. The molecule has 0 bridgehead atoms. The van der Waals surface area contributed by atoms with Gasteiger partial charge in [-0.05, 0) is 56.2 Å². The van der Waals surface area contributed by atoms with Crippen molar-refractivity contribution in [2.45, 2.75) is 20.8 Å². The number of hydrogen-bond acceptors (Lipinski definition) is 3. The number of aryl methyl sites for hydroxylation is 3. The molecule has 4 nitrogen and oxygen atoms in total. The summed E-state index contributed by atoms with van der Waals surface area (Å²) in [5, 5.41) is 2.80. The quantitative estimate of drug-likeness (QED) is 0.709. The minimum Gasteiger partial charge on any atom is -0.410 e. The van der Waals surface area contributed by atoms with Gasteiger partial charge in [-0.1, -0.05) is 35.9 Å². The summed E-state index contributed by atoms with van der Waals surface area (Å²) in [5.74, 6) is 0.494. The van der Waals surface area contributed by atoms with Crippen LogP contribution < -0.4 is 10.1 Å². The largest absolute Gasteiger partial charge is 0.417 e. The van der Waals surface area contributed by atoms with Crippen molar-refractivity contribution in [3.05, 3.63) is 77.5 Å². The van der Waals surface area contributed by atoms with Crippen LogP contribution in [0.2, 0.25) is 0 Å². The Morgan fingerprint density at radius 2 is 1.64 bits per heavy atom. The molecule has 1 N–H and O–H groups in total. The second-order valence-corrected chi connectivity index (χ2v) is 6.00. The minimum atomic E-state index is -0.539. The van der Waals surface area contributed by atoms with E-state index in [9.17, 15) is 4.79 Å². The van der Waals surface area contributed by atoms with Gasteiger partial charge in [0, 0.05) is 11.8 Å². The summed E-state index contributed by atoms with van der Waals surface area (Å²) in [5.41, 5.74) is 5.83. The highest BCUT2D eigenvalue weighted by Gasteiger charge is 2.15. The maximum absolute atomic E-state index is 12.2. The molecule has 0 radical (unpaired) electrons. The number of hydrogen-bond donors (Lipinski definition) is 1. The molecule has 0 spiro atoms. The van der Waals surface area contributed by atoms with Gasteiger partial charge in [0.25, 0.3) is 0 Å². The Balaban J connectivity index is 1.91. The average Bonchev–Trinajstić information content (AvgIpc) is 2.56. The van der Waals surface area contributed by atoms with E-state index in [-0.39, 0.29) is 0 Å². The zero-order valence-corrected chi connectivity index (χ0v) is 14.5. The second-order valence-electron chi connectivity index (χ2n) is 6.00. The highest BCUT2D eigenvalue weighted by atomic mass is 16.6. The number of anilines is 1. The maximum atomic E-state index is 12.2. The summed E-state index contributed by atoms with van der Waals surface area (Å²) >= 11 is 0. The van der Waals surface area contributed by atoms with Gasteiger partial charge in [0.1, 0.15) is 5.75 Å². The Morgan fingerprint density at radius 1 is 0.960 bits per heavy atom. The highest BCUT2D eigenvalue weighted by Crippen LogP contribution is 2.32. The Morgan fingerprint density at radius 3 is 2.32 bits per heavy atom. The van der Waals surface area contributed by atoms with Gasteiger partial charge in [-0.2, -0.15) is 0 Å². The summed E-state index contributed by atoms with van der Waals surface area (Å²) in [4.78, 5) is 16.7. The fourth-order valence-corrected chi connectivity index (χ4v) is 2.99. The van der Waals surface area contributed by atoms with Gasteiger partial charge in [-0.15, -0.1) is 0 Å². The molecule has 25 heavy (non-hydrogen) atoms. The molecule has 3 rings (SSSR count). The fraction of sp³-hybridized carbons (Fsp3) is 0.143. The molecule has 0 unspecified atom stereocenters. The SMILES string of the molecule is Cc1cc(C)c(-c2ncccc2NC(=O)Oc2ccccc2)c(C)c1. The van der Waals surface area contributed by atoms with Crippen molar-refractivity contribution >= 4 is 11.8 Å². The number of benzene rings is 2. The lowest BCUT2D eigenvalue weighted by molar-refractivity contribution is 0.215. The minimum absolute atomic E-state index is 0.494. The van der Waals surface area contributed by atoms with E-state index in [0.717, 1.165) is 22.4 Å². The van der Waals surface area contributed by atoms with Crippen LogP contribution in [0.3, 0.4) is 0 Å². The Kier molecular flexibility index (Phi) is 4.80. The maximum Gasteiger partial charge on any atom is 0.417 e. The third kappa shape index (κ3) is 3.86. The molecular weight excluding hydrogens is 312 g/mol. The van der Waals surface area contributed by atoms with Crippen molar-refractivity contribution in [3.8, 4) is 17.0 Å². The lowest BCUT2D eigenvalue weighted by Gasteiger charge is -2.15. The van der Waals surface area contributed by atoms with E-state index in [0.29, 0.717) is 11.4 Å². The molecule has 0 aliphatic heterocycles. The Bertz CT molecular complexity index is 882. The first-order chi connectivity index (χ1) is 12.0. The normalized spacial score (nSPS) is 10.4. The van der Waals surface area contributed by atoms with Crippen LogP contribution >= 0.6 is 0 Å². The number of rotatable bonds is 3. The molecule has 1 aromatic heterocycles. The number of ether oxygens (including phenoxy) is 1. The van der Waals surface area contributed by atoms with Crippen LogP contribution in [0.5, 0.6) is 5.75 Å². The van der Waals surface area contributed by atoms with E-state index in [2.05, 4.69) is 43.2 Å². The molecule has 0 fully saturated rings. The standard InChI is InChI=1S/C21H20N2O2/c1-14-12-15(2)19(16(3)13-14)20-18(10-7-11-22-20)23-21(24)25-17-8-5-4-6-9-17/h4-13H,1-3H3,(H,23,24). The van der Waals surface area contributed by atoms with Gasteiger partial charge in [-0.3, -0.25) is 10.3 Å². The number of amides is 1. The van der Waals surface area contributed by atoms with E-state index in [4.69, 9.17) is 4.74 Å². The fourth-order valence-electron chi connectivity index (χ4n) is 2.99. The second kappa shape index (κ2) is 7.18. The number of para-hydroxylation sites is 1. The van der Waals surface area contributed by atoms with Crippen LogP contribution in [0.1, 0.15) is 16.7 Å². The Labute approximate surface area is 147 Å². The number of pyridine rings is 1. The van der Waals surface area contributed by atoms with Gasteiger partial charge in [-0.25, -0.2) is 4.79 Å². The van der Waals surface area contributed by atoms with Crippen LogP contribution in [0.25, 0.3) is 11.3 Å². The lowest BCUT2D eigenvalue weighted by Crippen LogP contribution is -2.17. The lowest BCUT2D eigenvalue weighted by atomic mass is 9.96. The summed E-state index contributed by atoms with van der Waals surface area (Å²) < 4.78 is 5.31. The van der Waals surface area contributed by atoms with Crippen molar-refractivity contribution in [2.75, 3.05) is 5.32 Å². The topological polar surface area (TPSA) is 51.2 Å². The molecule has 0 aliphatic rings. The third-order valence-corrected chi connectivity index (χ3v) is 3.91. The van der Waals surface area contributed by atoms with Crippen LogP contribution in [0.4, 0.5) is 10.5 Å². The zero-order chi connectivity index (χ0) is 17.8. The summed E-state index contributed by atoms with van der Waals surface area (Å²) in [6.45, 7) is 6.17. The molecule has 1 heterocycles. The van der Waals surface area contributed by atoms with E-state index in [1.807, 2.05) is 24.3 Å². The van der Waals surface area contributed by atoms with E-state index in [1.54, 1.807) is 24.4 Å². The van der Waals surface area contributed by atoms with Crippen molar-refractivity contribution in [1.82, 2.24) is 4.98 Å². The zero-order valence-electron chi connectivity index (χ0n) is 14.5. The van der Waals surface area contributed by atoms with E-state index >= 15 is 0 Å². The first-order valence-electron chi connectivity index (χ1n) is 8.11. The molecule has 0 saturated carbocycles. The van der Waals surface area contributed by atoms with Crippen molar-refractivity contribution in [2.24, 2.45) is 0 Å². The van der Waals surface area contributed by atoms with E-state index in [1.165, 1.54) is 5.56 Å². The average molecular weight is 332 g/mol. The molecule has 0 atom stereocenters. The smallest absolute Gasteiger partial charge is 0.410 e. The van der Waals surface area contributed by atoms with Gasteiger partial charge in [0.15, 0.2) is 0 Å². The monoisotopic (exact) mass is 332 g/mol. The molecular formula is C21H20N2O2. The third-order valence-electron chi connectivity index (χ3n) is 3.91. The predicted octanol–water partition coefficient (Wildman–Crippen LogP) is 5.28. The number of carbonyl (C=O) groups is 1. The highest BCUT2D eigenvalue weighted by molar-refractivity contribution is 5.92. The molecule has 3 aromatic rings. The first kappa shape index (κ1) is 16.7. The first-order valence-corrected chi connectivity index (χ1v) is 8.11. The van der Waals surface area contributed by atoms with Gasteiger partial charge >= 0.3 is 6.09 Å². The summed E-state index contributed by atoms with van der Waals surface area (Å²) in [6, 6.07) is 16.8. The predicted molar refractivity (Wildman–Crippen MR) is 100.0 cm³/mol. The molecule has 0 saturated heterocycles. The van der Waals surface area contributed by atoms with Gasteiger partial charge in [0.2, 0.25) is 0 Å². The number of aromatic nitrogens is 1. The molecule has 4 heteroatoms. The number of nitrogens with one attached hydrogen (secondary N) is 1. The van der Waals surface area contributed by atoms with Crippen LogP contribution in [-0.2, 0) is 0 Å². The van der Waals surface area contributed by atoms with Crippen LogP contribution in [-0.4, -0.2) is 11.1 Å².